The van der Waals surface area contributed by atoms with Crippen molar-refractivity contribution < 1.29 is 21.0 Å². The fourth-order valence-corrected chi connectivity index (χ4v) is 4.57. The molecule has 0 fully saturated rings. The Morgan fingerprint density at radius 3 is 2.44 bits per heavy atom. The van der Waals surface area contributed by atoms with Crippen molar-refractivity contribution in [3.05, 3.63) is 65.4 Å². The quantitative estimate of drug-likeness (QED) is 0.313. The van der Waals surface area contributed by atoms with Gasteiger partial charge in [-0.3, -0.25) is 14.4 Å². The van der Waals surface area contributed by atoms with Gasteiger partial charge in [0.25, 0.3) is 0 Å². The van der Waals surface area contributed by atoms with Gasteiger partial charge in [0.05, 0.1) is 29.4 Å². The fourth-order valence-electron chi connectivity index (χ4n) is 3.32. The van der Waals surface area contributed by atoms with Crippen LogP contribution < -0.4 is 8.91 Å². The Labute approximate surface area is 189 Å². The van der Waals surface area contributed by atoms with Gasteiger partial charge in [-0.1, -0.05) is 36.4 Å². The van der Waals surface area contributed by atoms with Gasteiger partial charge in [0.1, 0.15) is 0 Å². The van der Waals surface area contributed by atoms with Gasteiger partial charge in [0, 0.05) is 11.5 Å². The number of nitrogens with one attached hydrogen (secondary N) is 2. The van der Waals surface area contributed by atoms with Crippen molar-refractivity contribution in [3.8, 4) is 22.8 Å². The maximum atomic E-state index is 11.9. The molecule has 1 aromatic heterocycles. The minimum absolute atomic E-state index is 0.100. The van der Waals surface area contributed by atoms with E-state index in [0.717, 1.165) is 29.0 Å². The van der Waals surface area contributed by atoms with Crippen LogP contribution in [-0.4, -0.2) is 44.1 Å². The normalized spacial score (nSPS) is 12.1. The predicted molar refractivity (Wildman–Crippen MR) is 126 cm³/mol. The molecule has 0 saturated carbocycles. The molecule has 12 heteroatoms. The van der Waals surface area contributed by atoms with Crippen molar-refractivity contribution in [2.24, 2.45) is 0 Å². The molecule has 0 amide bonds. The van der Waals surface area contributed by atoms with Crippen molar-refractivity contribution in [2.45, 2.75) is 0 Å². The molecule has 2 N–H and O–H groups in total. The van der Waals surface area contributed by atoms with Crippen LogP contribution in [0.3, 0.4) is 0 Å². The molecule has 3 aromatic carbocycles. The van der Waals surface area contributed by atoms with Gasteiger partial charge in [0.2, 0.25) is 10.0 Å². The number of hydrogen-bond donors (Lipinski definition) is 2. The third-order valence-corrected chi connectivity index (χ3v) is 5.81. The monoisotopic (exact) mass is 490 g/mol. The summed E-state index contributed by atoms with van der Waals surface area (Å²) in [7, 11) is -7.51. The van der Waals surface area contributed by atoms with Crippen molar-refractivity contribution in [1.82, 2.24) is 14.8 Å². The number of benzene rings is 3. The number of hydrogen-bond acceptors (Lipinski definition) is 7. The Morgan fingerprint density at radius 1 is 1.00 bits per heavy atom. The van der Waals surface area contributed by atoms with Gasteiger partial charge in [-0.15, -0.1) is 0 Å². The molecule has 4 aromatic rings. The van der Waals surface area contributed by atoms with E-state index in [0.29, 0.717) is 16.2 Å². The molecule has 0 saturated heterocycles. The summed E-state index contributed by atoms with van der Waals surface area (Å²) in [5.41, 5.74) is 1.18. The molecular formula is C20H18N4O5S3. The number of aromatic nitrogens is 3. The van der Waals surface area contributed by atoms with E-state index < -0.39 is 20.1 Å². The fraction of sp³-hybridized carbons (Fsp3) is 0.100. The topological polar surface area (TPSA) is 123 Å². The first-order valence-corrected chi connectivity index (χ1v) is 13.3. The average Bonchev–Trinajstić information content (AvgIpc) is 3.06. The second kappa shape index (κ2) is 8.04. The van der Waals surface area contributed by atoms with Crippen LogP contribution in [0, 0.1) is 4.77 Å². The summed E-state index contributed by atoms with van der Waals surface area (Å²) in [5, 5.41) is 8.93. The van der Waals surface area contributed by atoms with Gasteiger partial charge >= 0.3 is 10.1 Å². The SMILES string of the molecule is CS(=O)(=O)Nc1ccc(-c2n[nH]c(=S)n2-c2cccc3ccccc23)c(OS(C)(=O)=O)c1. The second-order valence-corrected chi connectivity index (χ2v) is 10.8. The molecule has 166 valence electrons. The van der Waals surface area contributed by atoms with Gasteiger partial charge in [-0.05, 0) is 35.8 Å². The average molecular weight is 491 g/mol. The first kappa shape index (κ1) is 22.0. The standard InChI is InChI=1S/C20H18N4O5S3/c1-31(25,26)23-14-10-11-16(18(12-14)29-32(2,27)28)19-21-22-20(30)24(19)17-9-5-7-13-6-3-4-8-15(13)17/h3-12,23H,1-2H3,(H,22,30). The van der Waals surface area contributed by atoms with E-state index in [4.69, 9.17) is 16.4 Å². The summed E-state index contributed by atoms with van der Waals surface area (Å²) >= 11 is 5.46. The summed E-state index contributed by atoms with van der Waals surface area (Å²) in [5.74, 6) is 0.201. The van der Waals surface area contributed by atoms with Crippen LogP contribution in [-0.2, 0) is 20.1 Å². The Bertz CT molecular complexity index is 1600. The first-order chi connectivity index (χ1) is 15.0. The predicted octanol–water partition coefficient (Wildman–Crippen LogP) is 3.46. The van der Waals surface area contributed by atoms with Gasteiger partial charge in [-0.2, -0.15) is 13.5 Å². The molecule has 0 unspecified atom stereocenters. The zero-order valence-corrected chi connectivity index (χ0v) is 19.4. The molecular weight excluding hydrogens is 472 g/mol. The minimum atomic E-state index is -3.92. The van der Waals surface area contributed by atoms with Crippen LogP contribution in [0.5, 0.6) is 5.75 Å². The second-order valence-electron chi connectivity index (χ2n) is 7.06. The number of H-pyrrole nitrogens is 1. The van der Waals surface area contributed by atoms with E-state index in [-0.39, 0.29) is 11.4 Å². The summed E-state index contributed by atoms with van der Waals surface area (Å²) in [6.07, 6.45) is 1.89. The lowest BCUT2D eigenvalue weighted by molar-refractivity contribution is 0.494. The number of anilines is 1. The number of rotatable bonds is 6. The molecule has 4 rings (SSSR count). The minimum Gasteiger partial charge on any atom is -0.382 e. The molecule has 32 heavy (non-hydrogen) atoms. The highest BCUT2D eigenvalue weighted by Gasteiger charge is 2.20. The van der Waals surface area contributed by atoms with E-state index in [9.17, 15) is 16.8 Å². The van der Waals surface area contributed by atoms with Crippen molar-refractivity contribution in [3.63, 3.8) is 0 Å². The summed E-state index contributed by atoms with van der Waals surface area (Å²) < 4.78 is 56.5. The number of aromatic amines is 1. The van der Waals surface area contributed by atoms with Crippen LogP contribution in [0.1, 0.15) is 0 Å². The molecule has 0 bridgehead atoms. The molecule has 9 nitrogen and oxygen atoms in total. The lowest BCUT2D eigenvalue weighted by Gasteiger charge is -2.14. The third-order valence-electron chi connectivity index (χ3n) is 4.45. The van der Waals surface area contributed by atoms with E-state index in [2.05, 4.69) is 14.9 Å². The van der Waals surface area contributed by atoms with Crippen molar-refractivity contribution in [2.75, 3.05) is 17.2 Å². The van der Waals surface area contributed by atoms with Crippen molar-refractivity contribution >= 4 is 48.8 Å². The first-order valence-electron chi connectivity index (χ1n) is 9.19. The van der Waals surface area contributed by atoms with Crippen LogP contribution in [0.15, 0.2) is 60.7 Å². The highest BCUT2D eigenvalue weighted by atomic mass is 32.2. The number of nitrogens with zero attached hydrogens (tertiary/aromatic N) is 2. The summed E-state index contributed by atoms with van der Waals surface area (Å²) in [4.78, 5) is 0. The Morgan fingerprint density at radius 2 is 1.72 bits per heavy atom. The van der Waals surface area contributed by atoms with E-state index in [1.165, 1.54) is 18.2 Å². The molecule has 0 aliphatic rings. The molecule has 0 radical (unpaired) electrons. The third kappa shape index (κ3) is 4.66. The maximum Gasteiger partial charge on any atom is 0.306 e. The lowest BCUT2D eigenvalue weighted by Crippen LogP contribution is -2.11. The highest BCUT2D eigenvalue weighted by molar-refractivity contribution is 7.92. The molecule has 0 aliphatic heterocycles. The zero-order valence-electron chi connectivity index (χ0n) is 16.9. The maximum absolute atomic E-state index is 11.9. The molecule has 1 heterocycles. The molecule has 0 atom stereocenters. The summed E-state index contributed by atoms with van der Waals surface area (Å²) in [6, 6.07) is 17.7. The largest absolute Gasteiger partial charge is 0.382 e. The van der Waals surface area contributed by atoms with Crippen LogP contribution >= 0.6 is 12.2 Å². The zero-order chi connectivity index (χ0) is 23.1. The Kier molecular flexibility index (Phi) is 5.53. The van der Waals surface area contributed by atoms with Crippen LogP contribution in [0.25, 0.3) is 27.8 Å². The number of fused-ring (bicyclic) bond motifs is 1. The van der Waals surface area contributed by atoms with Gasteiger partial charge < -0.3 is 4.18 Å². The van der Waals surface area contributed by atoms with Crippen LogP contribution in [0.2, 0.25) is 0 Å². The van der Waals surface area contributed by atoms with Crippen molar-refractivity contribution in [1.29, 1.82) is 0 Å². The van der Waals surface area contributed by atoms with Crippen LogP contribution in [0.4, 0.5) is 5.69 Å². The smallest absolute Gasteiger partial charge is 0.306 e. The lowest BCUT2D eigenvalue weighted by atomic mass is 10.1. The van der Waals surface area contributed by atoms with Gasteiger partial charge in [-0.25, -0.2) is 8.42 Å². The van der Waals surface area contributed by atoms with E-state index in [1.54, 1.807) is 4.57 Å². The summed E-state index contributed by atoms with van der Waals surface area (Å²) in [6.45, 7) is 0. The molecule has 0 aliphatic carbocycles. The van der Waals surface area contributed by atoms with E-state index in [1.807, 2.05) is 42.5 Å². The Hall–Kier alpha value is -3.22. The number of sulfonamides is 1. The highest BCUT2D eigenvalue weighted by Crippen LogP contribution is 2.35. The van der Waals surface area contributed by atoms with E-state index >= 15 is 0 Å². The Balaban J connectivity index is 1.96. The van der Waals surface area contributed by atoms with Gasteiger partial charge in [0.15, 0.2) is 16.3 Å². The molecule has 0 spiro atoms.